The fourth-order valence-electron chi connectivity index (χ4n) is 4.12. The van der Waals surface area contributed by atoms with Crippen molar-refractivity contribution < 1.29 is 19.8 Å². The Morgan fingerprint density at radius 2 is 1.97 bits per heavy atom. The highest BCUT2D eigenvalue weighted by Gasteiger charge is 2.34. The molecular weight excluding hydrogens is 382 g/mol. The Morgan fingerprint density at radius 1 is 1.20 bits per heavy atom. The number of primary amides is 1. The van der Waals surface area contributed by atoms with Crippen LogP contribution in [0.2, 0.25) is 0 Å². The molecule has 1 aromatic rings. The van der Waals surface area contributed by atoms with E-state index in [0.717, 1.165) is 25.7 Å². The van der Waals surface area contributed by atoms with Crippen molar-refractivity contribution in [3.63, 3.8) is 0 Å². The number of anilines is 1. The van der Waals surface area contributed by atoms with Crippen molar-refractivity contribution in [1.29, 1.82) is 0 Å². The number of nitrogens with one attached hydrogen (secondary N) is 2. The first-order valence-electron chi connectivity index (χ1n) is 10.4. The lowest BCUT2D eigenvalue weighted by molar-refractivity contribution is -0.137. The summed E-state index contributed by atoms with van der Waals surface area (Å²) in [6.07, 6.45) is 6.63. The largest absolute Gasteiger partial charge is 0.375 e. The van der Waals surface area contributed by atoms with Crippen molar-refractivity contribution in [2.24, 2.45) is 5.73 Å². The van der Waals surface area contributed by atoms with Crippen molar-refractivity contribution >= 4 is 29.1 Å². The summed E-state index contributed by atoms with van der Waals surface area (Å²) in [5.74, 6) is -0.988. The maximum atomic E-state index is 12.8. The average Bonchev–Trinajstić information content (AvgIpc) is 3.22. The number of hydrogen-bond donors (Lipinski definition) is 4. The molecule has 1 aromatic carbocycles. The van der Waals surface area contributed by atoms with Crippen LogP contribution in [0.25, 0.3) is 0 Å². The lowest BCUT2D eigenvalue weighted by Gasteiger charge is -2.27. The summed E-state index contributed by atoms with van der Waals surface area (Å²) in [5, 5.41) is 11.9. The summed E-state index contributed by atoms with van der Waals surface area (Å²) in [6, 6.07) is 6.49. The molecule has 1 unspecified atom stereocenters. The van der Waals surface area contributed by atoms with E-state index in [1.165, 1.54) is 5.57 Å². The Morgan fingerprint density at radius 3 is 2.70 bits per heavy atom. The van der Waals surface area contributed by atoms with Gasteiger partial charge in [-0.2, -0.15) is 0 Å². The van der Waals surface area contributed by atoms with E-state index in [9.17, 15) is 14.4 Å². The molecule has 1 fully saturated rings. The molecule has 0 spiro atoms. The number of para-hydroxylation sites is 1. The molecule has 3 rings (SSSR count). The Labute approximate surface area is 176 Å². The molecule has 2 atom stereocenters. The van der Waals surface area contributed by atoms with Gasteiger partial charge in [-0.1, -0.05) is 23.8 Å². The van der Waals surface area contributed by atoms with Crippen LogP contribution in [0.3, 0.4) is 0 Å². The average molecular weight is 413 g/mol. The molecule has 0 radical (unpaired) electrons. The summed E-state index contributed by atoms with van der Waals surface area (Å²) >= 11 is 0. The molecule has 2 aliphatic rings. The molecule has 0 bridgehead atoms. The summed E-state index contributed by atoms with van der Waals surface area (Å²) in [5.41, 5.74) is 7.50. The van der Waals surface area contributed by atoms with E-state index in [1.807, 2.05) is 0 Å². The zero-order valence-electron chi connectivity index (χ0n) is 17.3. The van der Waals surface area contributed by atoms with Crippen LogP contribution in [0, 0.1) is 0 Å². The summed E-state index contributed by atoms with van der Waals surface area (Å²) in [7, 11) is 0. The van der Waals surface area contributed by atoms with E-state index in [-0.39, 0.29) is 30.1 Å². The SMILES string of the molecule is CC1=CC(NC(=O)[C@@H]2CCCN2C(=O)CNc2ccccc2C(=[NH2+])C(N)=O)CCC1. The minimum atomic E-state index is -0.723. The van der Waals surface area contributed by atoms with Gasteiger partial charge in [0.1, 0.15) is 6.04 Å². The minimum absolute atomic E-state index is 0.00469. The monoisotopic (exact) mass is 412 g/mol. The van der Waals surface area contributed by atoms with E-state index in [4.69, 9.17) is 11.1 Å². The van der Waals surface area contributed by atoms with Crippen LogP contribution in [0.1, 0.15) is 44.6 Å². The number of nitrogens with zero attached hydrogens (tertiary/aromatic N) is 1. The van der Waals surface area contributed by atoms with Gasteiger partial charge < -0.3 is 21.3 Å². The Hall–Kier alpha value is -3.16. The highest BCUT2D eigenvalue weighted by atomic mass is 16.2. The fraction of sp³-hybridized carbons (Fsp3) is 0.455. The molecular formula is C22H30N5O3+. The van der Waals surface area contributed by atoms with Crippen molar-refractivity contribution in [2.75, 3.05) is 18.4 Å². The lowest BCUT2D eigenvalue weighted by atomic mass is 9.96. The fourth-order valence-corrected chi connectivity index (χ4v) is 4.12. The molecule has 3 amide bonds. The maximum absolute atomic E-state index is 12.8. The normalized spacial score (nSPS) is 21.0. The van der Waals surface area contributed by atoms with Gasteiger partial charge in [-0.15, -0.1) is 0 Å². The number of hydrogen-bond acceptors (Lipinski definition) is 4. The van der Waals surface area contributed by atoms with Gasteiger partial charge in [-0.05, 0) is 51.2 Å². The number of allylic oxidation sites excluding steroid dienone is 1. The van der Waals surface area contributed by atoms with Gasteiger partial charge >= 0.3 is 5.91 Å². The molecule has 1 saturated heterocycles. The zero-order chi connectivity index (χ0) is 21.7. The third kappa shape index (κ3) is 5.06. The zero-order valence-corrected chi connectivity index (χ0v) is 17.3. The Kier molecular flexibility index (Phi) is 6.87. The van der Waals surface area contributed by atoms with E-state index in [1.54, 1.807) is 29.2 Å². The predicted molar refractivity (Wildman–Crippen MR) is 114 cm³/mol. The van der Waals surface area contributed by atoms with Crippen LogP contribution in [-0.4, -0.2) is 53.5 Å². The van der Waals surface area contributed by atoms with Gasteiger partial charge in [0.25, 0.3) is 5.71 Å². The number of nitrogens with two attached hydrogens (primary N) is 2. The minimum Gasteiger partial charge on any atom is -0.375 e. The first kappa shape index (κ1) is 21.5. The summed E-state index contributed by atoms with van der Waals surface area (Å²) in [4.78, 5) is 38.7. The molecule has 1 aliphatic carbocycles. The Balaban J connectivity index is 1.61. The van der Waals surface area contributed by atoms with Crippen molar-refractivity contribution in [2.45, 2.75) is 51.1 Å². The number of rotatable bonds is 7. The van der Waals surface area contributed by atoms with Gasteiger partial charge in [0, 0.05) is 18.3 Å². The van der Waals surface area contributed by atoms with Gasteiger partial charge in [0.15, 0.2) is 0 Å². The number of benzene rings is 1. The smallest absolute Gasteiger partial charge is 0.313 e. The highest BCUT2D eigenvalue weighted by molar-refractivity contribution is 6.43. The van der Waals surface area contributed by atoms with Crippen LogP contribution in [0.15, 0.2) is 35.9 Å². The maximum Gasteiger partial charge on any atom is 0.313 e. The van der Waals surface area contributed by atoms with E-state index in [0.29, 0.717) is 24.2 Å². The van der Waals surface area contributed by atoms with Gasteiger partial charge in [-0.25, -0.2) is 5.41 Å². The third-order valence-electron chi connectivity index (χ3n) is 5.69. The number of carbonyl (C=O) groups excluding carboxylic acids is 3. The van der Waals surface area contributed by atoms with Crippen molar-refractivity contribution in [3.05, 3.63) is 41.5 Å². The predicted octanol–water partition coefficient (Wildman–Crippen LogP) is -0.262. The van der Waals surface area contributed by atoms with Crippen molar-refractivity contribution in [1.82, 2.24) is 10.2 Å². The molecule has 0 aromatic heterocycles. The van der Waals surface area contributed by atoms with Crippen LogP contribution in [0.5, 0.6) is 0 Å². The van der Waals surface area contributed by atoms with Crippen LogP contribution < -0.4 is 21.8 Å². The third-order valence-corrected chi connectivity index (χ3v) is 5.69. The van der Waals surface area contributed by atoms with Gasteiger partial charge in [0.2, 0.25) is 11.8 Å². The van der Waals surface area contributed by atoms with E-state index < -0.39 is 11.9 Å². The molecule has 30 heavy (non-hydrogen) atoms. The summed E-state index contributed by atoms with van der Waals surface area (Å²) in [6.45, 7) is 2.63. The van der Waals surface area contributed by atoms with Crippen molar-refractivity contribution in [3.8, 4) is 0 Å². The lowest BCUT2D eigenvalue weighted by Crippen LogP contribution is -2.50. The first-order valence-corrected chi connectivity index (χ1v) is 10.4. The molecule has 1 heterocycles. The van der Waals surface area contributed by atoms with E-state index in [2.05, 4.69) is 23.6 Å². The highest BCUT2D eigenvalue weighted by Crippen LogP contribution is 2.21. The van der Waals surface area contributed by atoms with Crippen LogP contribution >= 0.6 is 0 Å². The molecule has 1 aliphatic heterocycles. The first-order chi connectivity index (χ1) is 14.4. The number of likely N-dealkylation sites (tertiary alicyclic amines) is 1. The number of carbonyl (C=O) groups is 3. The molecule has 6 N–H and O–H groups in total. The molecule has 8 nitrogen and oxygen atoms in total. The quantitative estimate of drug-likeness (QED) is 0.363. The van der Waals surface area contributed by atoms with Gasteiger partial charge in [0.05, 0.1) is 12.1 Å². The van der Waals surface area contributed by atoms with Crippen LogP contribution in [0.4, 0.5) is 5.69 Å². The Bertz CT molecular complexity index is 879. The van der Waals surface area contributed by atoms with E-state index >= 15 is 0 Å². The molecule has 160 valence electrons. The van der Waals surface area contributed by atoms with Crippen LogP contribution in [-0.2, 0) is 14.4 Å². The molecule has 8 heteroatoms. The number of amides is 3. The topological polar surface area (TPSA) is 130 Å². The molecule has 0 saturated carbocycles. The van der Waals surface area contributed by atoms with Gasteiger partial charge in [-0.3, -0.25) is 14.4 Å². The standard InChI is InChI=1S/C22H29N5O3/c1-14-6-4-7-15(12-14)26-22(30)18-10-5-11-27(18)19(28)13-25-17-9-3-2-8-16(17)20(23)21(24)29/h2-3,8-9,12,15,18,23,25H,4-7,10-11,13H2,1H3,(H2,24,29)(H,26,30)/p+1/t15?,18-/m0/s1. The second kappa shape index (κ2) is 9.56. The second-order valence-corrected chi connectivity index (χ2v) is 7.94. The summed E-state index contributed by atoms with van der Waals surface area (Å²) < 4.78 is 0. The second-order valence-electron chi connectivity index (χ2n) is 7.94.